The predicted octanol–water partition coefficient (Wildman–Crippen LogP) is 5.35. The van der Waals surface area contributed by atoms with Gasteiger partial charge in [0.2, 0.25) is 5.91 Å². The lowest BCUT2D eigenvalue weighted by Crippen LogP contribution is -2.47. The Morgan fingerprint density at radius 3 is 2.69 bits per heavy atom. The second kappa shape index (κ2) is 9.97. The number of urea groups is 1. The molecule has 0 aliphatic heterocycles. The van der Waals surface area contributed by atoms with Gasteiger partial charge in [-0.05, 0) is 49.1 Å². The van der Waals surface area contributed by atoms with E-state index in [0.29, 0.717) is 28.1 Å². The number of carbonyl (C=O) groups is 2. The third-order valence-electron chi connectivity index (χ3n) is 5.48. The van der Waals surface area contributed by atoms with Crippen molar-refractivity contribution in [3.63, 3.8) is 0 Å². The van der Waals surface area contributed by atoms with Crippen LogP contribution in [0.1, 0.15) is 35.4 Å². The number of carbonyl (C=O) groups excluding carboxylic acids is 2. The molecule has 2 aromatic heterocycles. The molecule has 1 saturated carbocycles. The van der Waals surface area contributed by atoms with Gasteiger partial charge in [0.15, 0.2) is 5.13 Å². The van der Waals surface area contributed by atoms with E-state index in [1.54, 1.807) is 17.5 Å². The van der Waals surface area contributed by atoms with Crippen LogP contribution in [0.2, 0.25) is 4.34 Å². The topological polar surface area (TPSA) is 83.1 Å². The van der Waals surface area contributed by atoms with Gasteiger partial charge in [-0.15, -0.1) is 22.7 Å². The highest BCUT2D eigenvalue weighted by molar-refractivity contribution is 7.16. The van der Waals surface area contributed by atoms with Crippen LogP contribution in [0.5, 0.6) is 0 Å². The molecule has 4 rings (SSSR count). The maximum atomic E-state index is 13.5. The zero-order valence-corrected chi connectivity index (χ0v) is 19.5. The van der Waals surface area contributed by atoms with Gasteiger partial charge in [-0.2, -0.15) is 0 Å². The Kier molecular flexibility index (Phi) is 7.07. The fourth-order valence-corrected chi connectivity index (χ4v) is 5.42. The number of rotatable bonds is 8. The van der Waals surface area contributed by atoms with Crippen molar-refractivity contribution in [1.82, 2.24) is 15.6 Å². The van der Waals surface area contributed by atoms with Gasteiger partial charge in [0, 0.05) is 10.3 Å². The van der Waals surface area contributed by atoms with Gasteiger partial charge in [0.05, 0.1) is 28.5 Å². The minimum absolute atomic E-state index is 0.0390. The molecule has 0 saturated heterocycles. The first-order valence-electron chi connectivity index (χ1n) is 10.2. The summed E-state index contributed by atoms with van der Waals surface area (Å²) in [6, 6.07) is 9.71. The van der Waals surface area contributed by atoms with Crippen LogP contribution in [0.4, 0.5) is 14.3 Å². The van der Waals surface area contributed by atoms with Crippen LogP contribution >= 0.6 is 34.3 Å². The van der Waals surface area contributed by atoms with Gasteiger partial charge < -0.3 is 10.6 Å². The van der Waals surface area contributed by atoms with E-state index in [-0.39, 0.29) is 24.3 Å². The van der Waals surface area contributed by atoms with E-state index in [1.165, 1.54) is 34.8 Å². The first-order valence-corrected chi connectivity index (χ1v) is 12.3. The van der Waals surface area contributed by atoms with E-state index in [9.17, 15) is 14.0 Å². The number of thiophene rings is 1. The lowest BCUT2D eigenvalue weighted by atomic mass is 9.64. The molecular formula is C22H22ClFN4O2S2. The van der Waals surface area contributed by atoms with Crippen molar-refractivity contribution in [2.24, 2.45) is 5.41 Å². The molecule has 0 bridgehead atoms. The molecule has 1 aromatic carbocycles. The maximum absolute atomic E-state index is 13.5. The first-order chi connectivity index (χ1) is 15.4. The van der Waals surface area contributed by atoms with Crippen molar-refractivity contribution < 1.29 is 14.0 Å². The molecule has 0 unspecified atom stereocenters. The van der Waals surface area contributed by atoms with Gasteiger partial charge in [-0.25, -0.2) is 14.2 Å². The molecule has 1 aliphatic carbocycles. The highest BCUT2D eigenvalue weighted by Crippen LogP contribution is 2.44. The van der Waals surface area contributed by atoms with Gasteiger partial charge in [-0.3, -0.25) is 10.1 Å². The highest BCUT2D eigenvalue weighted by Gasteiger charge is 2.43. The Hall–Kier alpha value is -2.49. The van der Waals surface area contributed by atoms with Gasteiger partial charge >= 0.3 is 6.03 Å². The summed E-state index contributed by atoms with van der Waals surface area (Å²) in [6.07, 6.45) is 3.08. The fourth-order valence-electron chi connectivity index (χ4n) is 3.68. The van der Waals surface area contributed by atoms with E-state index in [0.717, 1.165) is 29.7 Å². The normalized spacial score (nSPS) is 14.4. The van der Waals surface area contributed by atoms with Crippen molar-refractivity contribution in [1.29, 1.82) is 0 Å². The summed E-state index contributed by atoms with van der Waals surface area (Å²) in [5.74, 6) is -0.328. The second-order valence-corrected chi connectivity index (χ2v) is 10.4. The van der Waals surface area contributed by atoms with E-state index < -0.39 is 5.41 Å². The number of hydrogen-bond donors (Lipinski definition) is 3. The van der Waals surface area contributed by atoms with Crippen LogP contribution in [0.25, 0.3) is 0 Å². The van der Waals surface area contributed by atoms with Crippen LogP contribution in [-0.4, -0.2) is 16.9 Å². The third-order valence-corrected chi connectivity index (χ3v) is 7.52. The average molecular weight is 493 g/mol. The monoisotopic (exact) mass is 492 g/mol. The third kappa shape index (κ3) is 5.65. The van der Waals surface area contributed by atoms with Crippen molar-refractivity contribution in [2.45, 2.75) is 38.8 Å². The Balaban J connectivity index is 1.26. The SMILES string of the molecule is O=C(NCc1ccc(Cl)s1)Nc1nc(CNC(=O)C2(Cc3cccc(F)c3)CCC2)cs1. The predicted molar refractivity (Wildman–Crippen MR) is 126 cm³/mol. The maximum Gasteiger partial charge on any atom is 0.321 e. The Morgan fingerprint density at radius 1 is 1.16 bits per heavy atom. The number of hydrogen-bond acceptors (Lipinski definition) is 5. The Morgan fingerprint density at radius 2 is 2.00 bits per heavy atom. The summed E-state index contributed by atoms with van der Waals surface area (Å²) >= 11 is 8.59. The highest BCUT2D eigenvalue weighted by atomic mass is 35.5. The first kappa shape index (κ1) is 22.7. The molecule has 0 atom stereocenters. The van der Waals surface area contributed by atoms with Crippen molar-refractivity contribution in [3.05, 3.63) is 68.1 Å². The molecule has 32 heavy (non-hydrogen) atoms. The van der Waals surface area contributed by atoms with Crippen LogP contribution in [-0.2, 0) is 24.3 Å². The van der Waals surface area contributed by atoms with Crippen LogP contribution in [0, 0.1) is 11.2 Å². The molecule has 1 aliphatic rings. The molecule has 2 heterocycles. The quantitative estimate of drug-likeness (QED) is 0.396. The van der Waals surface area contributed by atoms with Gasteiger partial charge in [0.25, 0.3) is 0 Å². The van der Waals surface area contributed by atoms with Crippen LogP contribution < -0.4 is 16.0 Å². The molecule has 1 fully saturated rings. The smallest absolute Gasteiger partial charge is 0.321 e. The molecule has 6 nitrogen and oxygen atoms in total. The Labute approximate surface area is 198 Å². The number of aromatic nitrogens is 1. The summed E-state index contributed by atoms with van der Waals surface area (Å²) in [7, 11) is 0. The second-order valence-electron chi connectivity index (χ2n) is 7.78. The lowest BCUT2D eigenvalue weighted by Gasteiger charge is -2.40. The minimum Gasteiger partial charge on any atom is -0.350 e. The number of halogens is 2. The minimum atomic E-state index is -0.491. The molecule has 3 aromatic rings. The largest absolute Gasteiger partial charge is 0.350 e. The average Bonchev–Trinajstić information content (AvgIpc) is 3.36. The van der Waals surface area contributed by atoms with E-state index >= 15 is 0 Å². The summed E-state index contributed by atoms with van der Waals surface area (Å²) in [4.78, 5) is 30.3. The summed E-state index contributed by atoms with van der Waals surface area (Å²) in [6.45, 7) is 0.655. The van der Waals surface area contributed by atoms with Crippen molar-refractivity contribution in [2.75, 3.05) is 5.32 Å². The number of benzene rings is 1. The molecule has 3 amide bonds. The van der Waals surface area contributed by atoms with Gasteiger partial charge in [-0.1, -0.05) is 30.2 Å². The summed E-state index contributed by atoms with van der Waals surface area (Å²) < 4.78 is 14.2. The lowest BCUT2D eigenvalue weighted by molar-refractivity contribution is -0.136. The van der Waals surface area contributed by atoms with E-state index in [1.807, 2.05) is 12.1 Å². The van der Waals surface area contributed by atoms with Crippen molar-refractivity contribution >= 4 is 51.3 Å². The number of nitrogens with zero attached hydrogens (tertiary/aromatic N) is 1. The van der Waals surface area contributed by atoms with E-state index in [4.69, 9.17) is 11.6 Å². The van der Waals surface area contributed by atoms with Crippen molar-refractivity contribution in [3.8, 4) is 0 Å². The van der Waals surface area contributed by atoms with Gasteiger partial charge in [0.1, 0.15) is 5.82 Å². The molecular weight excluding hydrogens is 471 g/mol. The standard InChI is InChI=1S/C22H22ClFN4O2S2/c23-18-6-5-17(32-18)12-26-20(30)28-21-27-16(13-31-21)11-25-19(29)22(7-2-8-22)10-14-3-1-4-15(24)9-14/h1,3-6,9,13H,2,7-8,10-12H2,(H,25,29)(H2,26,27,28,30). The molecule has 10 heteroatoms. The zero-order valence-electron chi connectivity index (χ0n) is 17.1. The van der Waals surface area contributed by atoms with Crippen LogP contribution in [0.3, 0.4) is 0 Å². The zero-order chi connectivity index (χ0) is 22.6. The number of nitrogens with one attached hydrogen (secondary N) is 3. The summed E-state index contributed by atoms with van der Waals surface area (Å²) in [5, 5.41) is 10.7. The number of thiazole rings is 1. The van der Waals surface area contributed by atoms with Crippen LogP contribution in [0.15, 0.2) is 41.8 Å². The molecule has 168 valence electrons. The molecule has 3 N–H and O–H groups in total. The molecule has 0 radical (unpaired) electrons. The molecule has 0 spiro atoms. The fraction of sp³-hybridized carbons (Fsp3) is 0.318. The summed E-state index contributed by atoms with van der Waals surface area (Å²) in [5.41, 5.74) is 1.01. The van der Waals surface area contributed by atoms with E-state index in [2.05, 4.69) is 20.9 Å². The Bertz CT molecular complexity index is 1110. The number of amides is 3. The number of anilines is 1.